The van der Waals surface area contributed by atoms with E-state index in [2.05, 4.69) is 10.0 Å². The predicted molar refractivity (Wildman–Crippen MR) is 73.1 cm³/mol. The molecule has 19 heavy (non-hydrogen) atoms. The molecule has 0 radical (unpaired) electrons. The first kappa shape index (κ1) is 15.7. The van der Waals surface area contributed by atoms with Gasteiger partial charge in [0.25, 0.3) is 0 Å². The highest BCUT2D eigenvalue weighted by molar-refractivity contribution is 7.97. The molecule has 0 saturated carbocycles. The minimum Gasteiger partial charge on any atom is -0.348 e. The SMILES string of the molecule is CC(C)C(NSc1ccc(F)cc1)C(=O)NCC=O. The third-order valence-electron chi connectivity index (χ3n) is 2.43. The van der Waals surface area contributed by atoms with Crippen molar-refractivity contribution in [1.82, 2.24) is 10.0 Å². The van der Waals surface area contributed by atoms with Crippen LogP contribution in [0.5, 0.6) is 0 Å². The molecule has 0 aliphatic rings. The van der Waals surface area contributed by atoms with Crippen molar-refractivity contribution in [3.05, 3.63) is 30.1 Å². The summed E-state index contributed by atoms with van der Waals surface area (Å²) >= 11 is 1.26. The standard InChI is InChI=1S/C13H17FN2O2S/c1-9(2)12(13(18)15-7-8-17)16-19-11-5-3-10(14)4-6-11/h3-6,8-9,12,16H,7H2,1-2H3,(H,15,18). The third kappa shape index (κ3) is 5.40. The maximum Gasteiger partial charge on any atom is 0.238 e. The van der Waals surface area contributed by atoms with Crippen LogP contribution in [0, 0.1) is 11.7 Å². The molecule has 1 atom stereocenters. The first-order valence-corrected chi connectivity index (χ1v) is 6.75. The van der Waals surface area contributed by atoms with Gasteiger partial charge >= 0.3 is 0 Å². The lowest BCUT2D eigenvalue weighted by Gasteiger charge is -2.20. The second-order valence-electron chi connectivity index (χ2n) is 4.31. The van der Waals surface area contributed by atoms with Gasteiger partial charge in [-0.3, -0.25) is 4.79 Å². The van der Waals surface area contributed by atoms with E-state index < -0.39 is 6.04 Å². The van der Waals surface area contributed by atoms with Crippen molar-refractivity contribution in [2.75, 3.05) is 6.54 Å². The van der Waals surface area contributed by atoms with Crippen molar-refractivity contribution in [2.24, 2.45) is 5.92 Å². The van der Waals surface area contributed by atoms with Crippen LogP contribution in [0.2, 0.25) is 0 Å². The fraction of sp³-hybridized carbons (Fsp3) is 0.385. The van der Waals surface area contributed by atoms with E-state index in [-0.39, 0.29) is 24.2 Å². The van der Waals surface area contributed by atoms with Gasteiger partial charge < -0.3 is 10.1 Å². The van der Waals surface area contributed by atoms with Crippen LogP contribution in [0.25, 0.3) is 0 Å². The molecule has 0 spiro atoms. The number of halogens is 1. The largest absolute Gasteiger partial charge is 0.348 e. The first-order valence-electron chi connectivity index (χ1n) is 5.94. The Bertz CT molecular complexity index is 423. The Morgan fingerprint density at radius 1 is 1.37 bits per heavy atom. The van der Waals surface area contributed by atoms with Crippen LogP contribution in [0.1, 0.15) is 13.8 Å². The minimum absolute atomic E-state index is 0.00491. The highest BCUT2D eigenvalue weighted by Gasteiger charge is 2.21. The number of hydrogen-bond acceptors (Lipinski definition) is 4. The van der Waals surface area contributed by atoms with Crippen LogP contribution in [0.4, 0.5) is 4.39 Å². The maximum absolute atomic E-state index is 12.8. The summed E-state index contributed by atoms with van der Waals surface area (Å²) in [4.78, 5) is 22.9. The number of benzene rings is 1. The quantitative estimate of drug-likeness (QED) is 0.592. The number of aldehydes is 1. The molecule has 4 nitrogen and oxygen atoms in total. The molecule has 0 heterocycles. The van der Waals surface area contributed by atoms with Gasteiger partial charge in [-0.2, -0.15) is 0 Å². The molecule has 1 rings (SSSR count). The number of amides is 1. The van der Waals surface area contributed by atoms with Gasteiger partial charge in [-0.15, -0.1) is 0 Å². The van der Waals surface area contributed by atoms with Gasteiger partial charge in [0.2, 0.25) is 5.91 Å². The number of carbonyl (C=O) groups is 2. The Kier molecular flexibility index (Phi) is 6.52. The molecule has 0 aliphatic carbocycles. The Labute approximate surface area is 116 Å². The molecule has 1 aromatic rings. The Morgan fingerprint density at radius 3 is 2.53 bits per heavy atom. The molecule has 104 valence electrons. The van der Waals surface area contributed by atoms with Crippen molar-refractivity contribution >= 4 is 24.1 Å². The number of carbonyl (C=O) groups excluding carboxylic acids is 2. The summed E-state index contributed by atoms with van der Waals surface area (Å²) in [6.45, 7) is 3.82. The van der Waals surface area contributed by atoms with Crippen LogP contribution in [-0.2, 0) is 9.59 Å². The van der Waals surface area contributed by atoms with E-state index in [9.17, 15) is 14.0 Å². The molecular formula is C13H17FN2O2S. The van der Waals surface area contributed by atoms with Gasteiger partial charge in [0, 0.05) is 4.90 Å². The summed E-state index contributed by atoms with van der Waals surface area (Å²) in [6.07, 6.45) is 0.641. The molecule has 6 heteroatoms. The highest BCUT2D eigenvalue weighted by Crippen LogP contribution is 2.17. The van der Waals surface area contributed by atoms with Crippen LogP contribution >= 0.6 is 11.9 Å². The van der Waals surface area contributed by atoms with Gasteiger partial charge in [0.15, 0.2) is 0 Å². The Morgan fingerprint density at radius 2 is 2.00 bits per heavy atom. The summed E-state index contributed by atoms with van der Waals surface area (Å²) in [6, 6.07) is 5.57. The van der Waals surface area contributed by atoms with Gasteiger partial charge in [-0.25, -0.2) is 9.11 Å². The molecular weight excluding hydrogens is 267 g/mol. The average molecular weight is 284 g/mol. The third-order valence-corrected chi connectivity index (χ3v) is 3.31. The van der Waals surface area contributed by atoms with E-state index >= 15 is 0 Å². The molecule has 0 fully saturated rings. The topological polar surface area (TPSA) is 58.2 Å². The van der Waals surface area contributed by atoms with Crippen molar-refractivity contribution in [3.63, 3.8) is 0 Å². The second-order valence-corrected chi connectivity index (χ2v) is 5.22. The van der Waals surface area contributed by atoms with Crippen molar-refractivity contribution in [2.45, 2.75) is 24.8 Å². The zero-order valence-electron chi connectivity index (χ0n) is 10.9. The van der Waals surface area contributed by atoms with E-state index in [0.29, 0.717) is 6.29 Å². The van der Waals surface area contributed by atoms with Gasteiger partial charge in [-0.05, 0) is 42.1 Å². The lowest BCUT2D eigenvalue weighted by atomic mass is 10.1. The average Bonchev–Trinajstić information content (AvgIpc) is 2.38. The Balaban J connectivity index is 2.56. The van der Waals surface area contributed by atoms with E-state index in [0.717, 1.165) is 4.90 Å². The molecule has 0 aromatic heterocycles. The van der Waals surface area contributed by atoms with E-state index in [4.69, 9.17) is 0 Å². The normalized spacial score (nSPS) is 12.2. The first-order chi connectivity index (χ1) is 9.04. The second kappa shape index (κ2) is 7.91. The van der Waals surface area contributed by atoms with Crippen LogP contribution in [0.3, 0.4) is 0 Å². The van der Waals surface area contributed by atoms with E-state index in [1.54, 1.807) is 12.1 Å². The molecule has 0 saturated heterocycles. The molecule has 0 bridgehead atoms. The monoisotopic (exact) mass is 284 g/mol. The fourth-order valence-electron chi connectivity index (χ4n) is 1.38. The smallest absolute Gasteiger partial charge is 0.238 e. The maximum atomic E-state index is 12.8. The molecule has 1 amide bonds. The summed E-state index contributed by atoms with van der Waals surface area (Å²) in [5, 5.41) is 2.52. The van der Waals surface area contributed by atoms with Crippen LogP contribution in [0.15, 0.2) is 29.2 Å². The number of rotatable bonds is 7. The van der Waals surface area contributed by atoms with Gasteiger partial charge in [0.1, 0.15) is 12.1 Å². The van der Waals surface area contributed by atoms with Gasteiger partial charge in [-0.1, -0.05) is 13.8 Å². The lowest BCUT2D eigenvalue weighted by molar-refractivity contribution is -0.124. The molecule has 2 N–H and O–H groups in total. The van der Waals surface area contributed by atoms with E-state index in [1.807, 2.05) is 13.8 Å². The number of hydrogen-bond donors (Lipinski definition) is 2. The van der Waals surface area contributed by atoms with Gasteiger partial charge in [0.05, 0.1) is 12.6 Å². The zero-order valence-corrected chi connectivity index (χ0v) is 11.7. The predicted octanol–water partition coefficient (Wildman–Crippen LogP) is 1.76. The lowest BCUT2D eigenvalue weighted by Crippen LogP contribution is -2.45. The summed E-state index contributed by atoms with van der Waals surface area (Å²) in [5.74, 6) is -0.454. The summed E-state index contributed by atoms with van der Waals surface area (Å²) in [7, 11) is 0. The van der Waals surface area contributed by atoms with Crippen molar-refractivity contribution in [1.29, 1.82) is 0 Å². The fourth-order valence-corrected chi connectivity index (χ4v) is 2.29. The Hall–Kier alpha value is -1.40. The summed E-state index contributed by atoms with van der Waals surface area (Å²) < 4.78 is 15.8. The van der Waals surface area contributed by atoms with Crippen molar-refractivity contribution in [3.8, 4) is 0 Å². The zero-order chi connectivity index (χ0) is 14.3. The molecule has 1 unspecified atom stereocenters. The molecule has 1 aromatic carbocycles. The minimum atomic E-state index is -0.421. The van der Waals surface area contributed by atoms with Crippen molar-refractivity contribution < 1.29 is 14.0 Å². The highest BCUT2D eigenvalue weighted by atomic mass is 32.2. The summed E-state index contributed by atoms with van der Waals surface area (Å²) in [5.41, 5.74) is 0. The number of nitrogens with one attached hydrogen (secondary N) is 2. The van der Waals surface area contributed by atoms with E-state index in [1.165, 1.54) is 24.1 Å². The van der Waals surface area contributed by atoms with Crippen LogP contribution in [-0.4, -0.2) is 24.8 Å². The molecule has 0 aliphatic heterocycles. The van der Waals surface area contributed by atoms with Crippen LogP contribution < -0.4 is 10.0 Å².